The lowest BCUT2D eigenvalue weighted by molar-refractivity contribution is 0.199. The molecule has 1 atom stereocenters. The number of aryl methyl sites for hydroxylation is 1. The van der Waals surface area contributed by atoms with Gasteiger partial charge in [-0.05, 0) is 97.7 Å². The number of ether oxygens (including phenoxy) is 2. The normalized spacial score (nSPS) is 23.2. The van der Waals surface area contributed by atoms with Crippen molar-refractivity contribution < 1.29 is 18.9 Å². The molecule has 33 heavy (non-hydrogen) atoms. The largest absolute Gasteiger partial charge is 0.497 e. The Kier molecular flexibility index (Phi) is 7.17. The molecule has 2 aromatic carbocycles. The minimum atomic E-state index is -3.00. The van der Waals surface area contributed by atoms with Crippen molar-refractivity contribution in [2.45, 2.75) is 56.3 Å². The first-order valence-corrected chi connectivity index (χ1v) is 14.2. The van der Waals surface area contributed by atoms with Crippen molar-refractivity contribution in [2.24, 2.45) is 5.92 Å². The molecule has 2 aliphatic carbocycles. The third-order valence-electron chi connectivity index (χ3n) is 7.22. The highest BCUT2D eigenvalue weighted by Crippen LogP contribution is 2.52. The molecule has 0 spiro atoms. The SMILES string of the molecule is COc1ccc(C2(C#N)CC2)c(C2CCC(COc3cccc(CCP(C)(=O)O)c3)CC2)c1. The van der Waals surface area contributed by atoms with E-state index >= 15 is 0 Å². The van der Waals surface area contributed by atoms with Gasteiger partial charge in [0.15, 0.2) is 7.37 Å². The molecule has 5 nitrogen and oxygen atoms in total. The number of methoxy groups -OCH3 is 1. The van der Waals surface area contributed by atoms with E-state index in [-0.39, 0.29) is 5.41 Å². The third kappa shape index (κ3) is 5.99. The molecule has 2 fully saturated rings. The van der Waals surface area contributed by atoms with Crippen LogP contribution in [-0.4, -0.2) is 31.4 Å². The summed E-state index contributed by atoms with van der Waals surface area (Å²) in [6, 6.07) is 16.7. The van der Waals surface area contributed by atoms with Crippen molar-refractivity contribution in [1.29, 1.82) is 5.26 Å². The summed E-state index contributed by atoms with van der Waals surface area (Å²) in [6.45, 7) is 2.10. The molecule has 0 bridgehead atoms. The molecule has 0 aliphatic heterocycles. The number of benzene rings is 2. The van der Waals surface area contributed by atoms with Gasteiger partial charge in [0.25, 0.3) is 0 Å². The third-order valence-corrected chi connectivity index (χ3v) is 8.28. The van der Waals surface area contributed by atoms with E-state index in [1.54, 1.807) is 7.11 Å². The van der Waals surface area contributed by atoms with Crippen molar-refractivity contribution in [3.05, 3.63) is 59.2 Å². The van der Waals surface area contributed by atoms with Crippen LogP contribution in [0.15, 0.2) is 42.5 Å². The van der Waals surface area contributed by atoms with Crippen molar-refractivity contribution in [3.63, 3.8) is 0 Å². The Hall–Kier alpha value is -2.28. The Morgan fingerprint density at radius 3 is 2.52 bits per heavy atom. The molecule has 0 radical (unpaired) electrons. The Balaban J connectivity index is 1.34. The molecule has 4 rings (SSSR count). The highest BCUT2D eigenvalue weighted by atomic mass is 31.2. The number of rotatable bonds is 9. The van der Waals surface area contributed by atoms with E-state index in [1.807, 2.05) is 30.3 Å². The number of hydrogen-bond acceptors (Lipinski definition) is 4. The predicted molar refractivity (Wildman–Crippen MR) is 130 cm³/mol. The van der Waals surface area contributed by atoms with Crippen LogP contribution in [0.2, 0.25) is 0 Å². The van der Waals surface area contributed by atoms with E-state index in [0.717, 1.165) is 55.6 Å². The molecule has 176 valence electrons. The van der Waals surface area contributed by atoms with Gasteiger partial charge >= 0.3 is 0 Å². The van der Waals surface area contributed by atoms with E-state index in [1.165, 1.54) is 17.8 Å². The number of nitrogens with zero attached hydrogens (tertiary/aromatic N) is 1. The maximum Gasteiger partial charge on any atom is 0.197 e. The summed E-state index contributed by atoms with van der Waals surface area (Å²) in [6.07, 6.45) is 7.18. The standard InChI is InChI=1S/C27H34NO4P/c1-31-23-10-11-26(27(19-28)13-14-27)25(17-23)22-8-6-21(7-9-22)18-32-24-5-3-4-20(16-24)12-15-33(2,29)30/h3-5,10-11,16-17,21-22H,6-9,12-15,18H2,1-2H3,(H,29,30). The second-order valence-corrected chi connectivity index (χ2v) is 12.4. The zero-order valence-electron chi connectivity index (χ0n) is 19.6. The molecule has 0 amide bonds. The van der Waals surface area contributed by atoms with Crippen LogP contribution in [-0.2, 0) is 16.4 Å². The van der Waals surface area contributed by atoms with Gasteiger partial charge < -0.3 is 14.4 Å². The maximum atomic E-state index is 11.6. The van der Waals surface area contributed by atoms with Crippen LogP contribution in [0, 0.1) is 17.2 Å². The molecular formula is C27H34NO4P. The van der Waals surface area contributed by atoms with Crippen LogP contribution < -0.4 is 9.47 Å². The van der Waals surface area contributed by atoms with Crippen LogP contribution in [0.3, 0.4) is 0 Å². The molecule has 6 heteroatoms. The Bertz CT molecular complexity index is 1060. The summed E-state index contributed by atoms with van der Waals surface area (Å²) < 4.78 is 23.2. The van der Waals surface area contributed by atoms with Gasteiger partial charge in [-0.25, -0.2) is 0 Å². The van der Waals surface area contributed by atoms with Gasteiger partial charge in [-0.3, -0.25) is 4.57 Å². The zero-order valence-corrected chi connectivity index (χ0v) is 20.5. The first-order chi connectivity index (χ1) is 15.8. The zero-order chi connectivity index (χ0) is 23.5. The molecule has 0 saturated heterocycles. The fourth-order valence-electron chi connectivity index (χ4n) is 4.99. The Labute approximate surface area is 197 Å². The summed E-state index contributed by atoms with van der Waals surface area (Å²) in [5.74, 6) is 2.67. The average molecular weight is 468 g/mol. The highest BCUT2D eigenvalue weighted by molar-refractivity contribution is 7.57. The van der Waals surface area contributed by atoms with Gasteiger partial charge in [-0.2, -0.15) is 5.26 Å². The van der Waals surface area contributed by atoms with Gasteiger partial charge in [0, 0.05) is 12.8 Å². The van der Waals surface area contributed by atoms with Crippen LogP contribution in [0.1, 0.15) is 61.1 Å². The minimum absolute atomic E-state index is 0.284. The monoisotopic (exact) mass is 467 g/mol. The quantitative estimate of drug-likeness (QED) is 0.455. The summed E-state index contributed by atoms with van der Waals surface area (Å²) in [4.78, 5) is 9.54. The molecule has 0 heterocycles. The van der Waals surface area contributed by atoms with E-state index in [4.69, 9.17) is 9.47 Å². The number of hydrogen-bond donors (Lipinski definition) is 1. The van der Waals surface area contributed by atoms with Gasteiger partial charge in [-0.15, -0.1) is 0 Å². The van der Waals surface area contributed by atoms with Crippen LogP contribution in [0.25, 0.3) is 0 Å². The van der Waals surface area contributed by atoms with E-state index < -0.39 is 7.37 Å². The molecule has 1 unspecified atom stereocenters. The Morgan fingerprint density at radius 1 is 1.12 bits per heavy atom. The summed E-state index contributed by atoms with van der Waals surface area (Å²) in [7, 11) is -1.30. The van der Waals surface area contributed by atoms with Gasteiger partial charge in [0.05, 0.1) is 25.2 Å². The fourth-order valence-corrected chi connectivity index (χ4v) is 5.66. The maximum absolute atomic E-state index is 11.6. The first kappa shape index (κ1) is 23.9. The lowest BCUT2D eigenvalue weighted by Crippen LogP contribution is -2.21. The van der Waals surface area contributed by atoms with E-state index in [0.29, 0.717) is 31.0 Å². The topological polar surface area (TPSA) is 79.5 Å². The predicted octanol–water partition coefficient (Wildman–Crippen LogP) is 6.05. The van der Waals surface area contributed by atoms with Crippen molar-refractivity contribution in [1.82, 2.24) is 0 Å². The summed E-state index contributed by atoms with van der Waals surface area (Å²) in [5, 5.41) is 9.75. The summed E-state index contributed by atoms with van der Waals surface area (Å²) >= 11 is 0. The van der Waals surface area contributed by atoms with Crippen molar-refractivity contribution >= 4 is 7.37 Å². The Morgan fingerprint density at radius 2 is 1.88 bits per heavy atom. The van der Waals surface area contributed by atoms with Crippen LogP contribution in [0.5, 0.6) is 11.5 Å². The molecule has 2 aliphatic rings. The molecule has 2 aromatic rings. The van der Waals surface area contributed by atoms with Crippen LogP contribution >= 0.6 is 7.37 Å². The van der Waals surface area contributed by atoms with Gasteiger partial charge in [0.2, 0.25) is 0 Å². The molecule has 2 saturated carbocycles. The van der Waals surface area contributed by atoms with Crippen molar-refractivity contribution in [2.75, 3.05) is 26.5 Å². The first-order valence-electron chi connectivity index (χ1n) is 11.9. The molecule has 0 aromatic heterocycles. The number of nitriles is 1. The minimum Gasteiger partial charge on any atom is -0.497 e. The summed E-state index contributed by atoms with van der Waals surface area (Å²) in [5.41, 5.74) is 3.26. The average Bonchev–Trinajstić information content (AvgIpc) is 3.62. The van der Waals surface area contributed by atoms with Crippen molar-refractivity contribution in [3.8, 4) is 17.6 Å². The molecular weight excluding hydrogens is 433 g/mol. The fraction of sp³-hybridized carbons (Fsp3) is 0.519. The van der Waals surface area contributed by atoms with Gasteiger partial charge in [-0.1, -0.05) is 18.2 Å². The highest BCUT2D eigenvalue weighted by Gasteiger charge is 2.47. The second-order valence-electron chi connectivity index (χ2n) is 9.85. The van der Waals surface area contributed by atoms with E-state index in [2.05, 4.69) is 18.2 Å². The lowest BCUT2D eigenvalue weighted by Gasteiger charge is -2.31. The van der Waals surface area contributed by atoms with Crippen LogP contribution in [0.4, 0.5) is 0 Å². The second kappa shape index (κ2) is 9.92. The lowest BCUT2D eigenvalue weighted by atomic mass is 9.75. The molecule has 1 N–H and O–H groups in total. The smallest absolute Gasteiger partial charge is 0.197 e. The van der Waals surface area contributed by atoms with Gasteiger partial charge in [0.1, 0.15) is 11.5 Å². The van der Waals surface area contributed by atoms with E-state index in [9.17, 15) is 14.7 Å².